The first-order chi connectivity index (χ1) is 8.74. The van der Waals surface area contributed by atoms with E-state index in [1.807, 2.05) is 0 Å². The SMILES string of the molecule is Cc1csc2c(NC3CCC(N)CC3)ncnc12. The highest BCUT2D eigenvalue weighted by molar-refractivity contribution is 7.18. The summed E-state index contributed by atoms with van der Waals surface area (Å²) in [6.45, 7) is 2.09. The fraction of sp³-hybridized carbons (Fsp3) is 0.538. The number of hydrogen-bond acceptors (Lipinski definition) is 5. The van der Waals surface area contributed by atoms with Gasteiger partial charge in [0.05, 0.1) is 10.2 Å². The van der Waals surface area contributed by atoms with E-state index < -0.39 is 0 Å². The third kappa shape index (κ3) is 2.20. The van der Waals surface area contributed by atoms with E-state index in [2.05, 4.69) is 27.6 Å². The molecule has 18 heavy (non-hydrogen) atoms. The van der Waals surface area contributed by atoms with E-state index in [-0.39, 0.29) is 0 Å². The average Bonchev–Trinajstić information content (AvgIpc) is 2.76. The molecular weight excluding hydrogens is 244 g/mol. The summed E-state index contributed by atoms with van der Waals surface area (Å²) in [6, 6.07) is 0.891. The highest BCUT2D eigenvalue weighted by atomic mass is 32.1. The highest BCUT2D eigenvalue weighted by Crippen LogP contribution is 2.30. The summed E-state index contributed by atoms with van der Waals surface area (Å²) in [7, 11) is 0. The van der Waals surface area contributed by atoms with E-state index in [1.165, 1.54) is 10.3 Å². The Hall–Kier alpha value is -1.20. The molecule has 0 aliphatic heterocycles. The topological polar surface area (TPSA) is 63.8 Å². The van der Waals surface area contributed by atoms with Crippen LogP contribution in [0, 0.1) is 6.92 Å². The van der Waals surface area contributed by atoms with Gasteiger partial charge in [-0.2, -0.15) is 0 Å². The Bertz CT molecular complexity index is 543. The molecular formula is C13H18N4S. The molecule has 0 radical (unpaired) electrons. The standard InChI is InChI=1S/C13H18N4S/c1-8-6-18-12-11(8)15-7-16-13(12)17-10-4-2-9(14)3-5-10/h6-7,9-10H,2-5,14H2,1H3,(H,15,16,17). The van der Waals surface area contributed by atoms with Crippen molar-refractivity contribution in [3.8, 4) is 0 Å². The lowest BCUT2D eigenvalue weighted by molar-refractivity contribution is 0.410. The van der Waals surface area contributed by atoms with E-state index >= 15 is 0 Å². The predicted molar refractivity (Wildman–Crippen MR) is 76.0 cm³/mol. The minimum Gasteiger partial charge on any atom is -0.366 e. The van der Waals surface area contributed by atoms with Crippen molar-refractivity contribution in [1.82, 2.24) is 9.97 Å². The molecule has 3 rings (SSSR count). The quantitative estimate of drug-likeness (QED) is 0.873. The summed E-state index contributed by atoms with van der Waals surface area (Å²) in [5, 5.41) is 5.70. The molecule has 0 saturated heterocycles. The largest absolute Gasteiger partial charge is 0.366 e. The molecule has 0 bridgehead atoms. The first kappa shape index (κ1) is 11.9. The van der Waals surface area contributed by atoms with Crippen molar-refractivity contribution in [1.29, 1.82) is 0 Å². The Balaban J connectivity index is 1.82. The zero-order chi connectivity index (χ0) is 12.5. The number of nitrogens with two attached hydrogens (primary N) is 1. The molecule has 0 amide bonds. The Morgan fingerprint density at radius 2 is 2.06 bits per heavy atom. The maximum atomic E-state index is 5.93. The summed E-state index contributed by atoms with van der Waals surface area (Å²) >= 11 is 1.72. The molecule has 0 spiro atoms. The lowest BCUT2D eigenvalue weighted by atomic mass is 9.92. The molecule has 1 fully saturated rings. The number of rotatable bonds is 2. The van der Waals surface area contributed by atoms with Crippen LogP contribution < -0.4 is 11.1 Å². The van der Waals surface area contributed by atoms with Gasteiger partial charge in [0.2, 0.25) is 0 Å². The van der Waals surface area contributed by atoms with Crippen LogP contribution in [-0.2, 0) is 0 Å². The van der Waals surface area contributed by atoms with E-state index in [1.54, 1.807) is 17.7 Å². The monoisotopic (exact) mass is 262 g/mol. The molecule has 0 aromatic carbocycles. The molecule has 3 N–H and O–H groups in total. The van der Waals surface area contributed by atoms with Crippen molar-refractivity contribution < 1.29 is 0 Å². The van der Waals surface area contributed by atoms with Crippen LogP contribution in [0.25, 0.3) is 10.2 Å². The summed E-state index contributed by atoms with van der Waals surface area (Å²) in [4.78, 5) is 8.74. The normalized spacial score (nSPS) is 24.3. The predicted octanol–water partition coefficient (Wildman–Crippen LogP) is 2.68. The molecule has 0 atom stereocenters. The zero-order valence-electron chi connectivity index (χ0n) is 10.5. The number of anilines is 1. The average molecular weight is 262 g/mol. The molecule has 96 valence electrons. The van der Waals surface area contributed by atoms with Crippen LogP contribution in [0.2, 0.25) is 0 Å². The van der Waals surface area contributed by atoms with Crippen molar-refractivity contribution >= 4 is 27.4 Å². The Kier molecular flexibility index (Phi) is 3.18. The second-order valence-corrected chi connectivity index (χ2v) is 5.95. The molecule has 2 heterocycles. The van der Waals surface area contributed by atoms with Gasteiger partial charge in [0, 0.05) is 12.1 Å². The van der Waals surface area contributed by atoms with Gasteiger partial charge in [0.25, 0.3) is 0 Å². The number of aromatic nitrogens is 2. The fourth-order valence-corrected chi connectivity index (χ4v) is 3.48. The van der Waals surface area contributed by atoms with Gasteiger partial charge in [-0.15, -0.1) is 11.3 Å². The van der Waals surface area contributed by atoms with E-state index in [0.717, 1.165) is 37.0 Å². The van der Waals surface area contributed by atoms with Gasteiger partial charge in [-0.25, -0.2) is 9.97 Å². The number of hydrogen-bond donors (Lipinski definition) is 2. The molecule has 1 aliphatic carbocycles. The van der Waals surface area contributed by atoms with E-state index in [4.69, 9.17) is 5.73 Å². The molecule has 5 heteroatoms. The number of aryl methyl sites for hydroxylation is 1. The first-order valence-electron chi connectivity index (χ1n) is 6.45. The van der Waals surface area contributed by atoms with Crippen LogP contribution >= 0.6 is 11.3 Å². The number of fused-ring (bicyclic) bond motifs is 1. The van der Waals surface area contributed by atoms with Gasteiger partial charge in [0.1, 0.15) is 12.1 Å². The molecule has 4 nitrogen and oxygen atoms in total. The van der Waals surface area contributed by atoms with Crippen LogP contribution in [0.4, 0.5) is 5.82 Å². The van der Waals surface area contributed by atoms with Crippen LogP contribution in [0.1, 0.15) is 31.2 Å². The van der Waals surface area contributed by atoms with Crippen LogP contribution in [0.5, 0.6) is 0 Å². The third-order valence-corrected chi connectivity index (χ3v) is 4.74. The van der Waals surface area contributed by atoms with Gasteiger partial charge in [0.15, 0.2) is 0 Å². The Morgan fingerprint density at radius 1 is 1.28 bits per heavy atom. The second kappa shape index (κ2) is 4.82. The second-order valence-electron chi connectivity index (χ2n) is 5.07. The molecule has 1 saturated carbocycles. The number of nitrogens with one attached hydrogen (secondary N) is 1. The van der Waals surface area contributed by atoms with Crippen LogP contribution in [0.3, 0.4) is 0 Å². The van der Waals surface area contributed by atoms with Crippen molar-refractivity contribution in [3.63, 3.8) is 0 Å². The summed E-state index contributed by atoms with van der Waals surface area (Å²) in [5.41, 5.74) is 8.23. The maximum absolute atomic E-state index is 5.93. The molecule has 2 aromatic rings. The summed E-state index contributed by atoms with van der Waals surface area (Å²) in [6.07, 6.45) is 6.14. The molecule has 2 aromatic heterocycles. The smallest absolute Gasteiger partial charge is 0.147 e. The summed E-state index contributed by atoms with van der Waals surface area (Å²) < 4.78 is 1.17. The maximum Gasteiger partial charge on any atom is 0.147 e. The van der Waals surface area contributed by atoms with Gasteiger partial charge < -0.3 is 11.1 Å². The van der Waals surface area contributed by atoms with Crippen molar-refractivity contribution in [2.24, 2.45) is 5.73 Å². The van der Waals surface area contributed by atoms with Gasteiger partial charge in [-0.3, -0.25) is 0 Å². The Labute approximate surface area is 111 Å². The third-order valence-electron chi connectivity index (χ3n) is 3.64. The summed E-state index contributed by atoms with van der Waals surface area (Å²) in [5.74, 6) is 0.985. The van der Waals surface area contributed by atoms with E-state index in [9.17, 15) is 0 Å². The van der Waals surface area contributed by atoms with Crippen LogP contribution in [-0.4, -0.2) is 22.1 Å². The number of nitrogens with zero attached hydrogens (tertiary/aromatic N) is 2. The van der Waals surface area contributed by atoms with Gasteiger partial charge >= 0.3 is 0 Å². The van der Waals surface area contributed by atoms with Crippen molar-refractivity contribution in [3.05, 3.63) is 17.3 Å². The zero-order valence-corrected chi connectivity index (χ0v) is 11.3. The van der Waals surface area contributed by atoms with Crippen molar-refractivity contribution in [2.75, 3.05) is 5.32 Å². The van der Waals surface area contributed by atoms with Crippen LogP contribution in [0.15, 0.2) is 11.7 Å². The fourth-order valence-electron chi connectivity index (χ4n) is 2.53. The van der Waals surface area contributed by atoms with Gasteiger partial charge in [-0.05, 0) is 43.6 Å². The Morgan fingerprint density at radius 3 is 2.83 bits per heavy atom. The van der Waals surface area contributed by atoms with E-state index in [0.29, 0.717) is 12.1 Å². The molecule has 0 unspecified atom stereocenters. The van der Waals surface area contributed by atoms with Gasteiger partial charge in [-0.1, -0.05) is 0 Å². The molecule has 1 aliphatic rings. The lowest BCUT2D eigenvalue weighted by Gasteiger charge is -2.27. The lowest BCUT2D eigenvalue weighted by Crippen LogP contribution is -2.33. The number of thiophene rings is 1. The first-order valence-corrected chi connectivity index (χ1v) is 7.33. The highest BCUT2D eigenvalue weighted by Gasteiger charge is 2.19. The minimum atomic E-state index is 0.387. The van der Waals surface area contributed by atoms with Crippen molar-refractivity contribution in [2.45, 2.75) is 44.7 Å². The minimum absolute atomic E-state index is 0.387.